The molecule has 2 heterocycles. The normalized spacial score (nSPS) is 12.8. The SMILES string of the molecule is CCC[n+]1c(NC(C)CC)[nH]c2c1c(=O)n(C)c(=O)n2C. The van der Waals surface area contributed by atoms with E-state index in [0.29, 0.717) is 17.7 Å². The molecule has 0 aromatic carbocycles. The van der Waals surface area contributed by atoms with E-state index in [4.69, 9.17) is 0 Å². The molecule has 116 valence electrons. The van der Waals surface area contributed by atoms with Crippen LogP contribution in [0, 0.1) is 0 Å². The Kier molecular flexibility index (Phi) is 4.20. The van der Waals surface area contributed by atoms with Crippen LogP contribution in [0.4, 0.5) is 5.95 Å². The molecule has 2 aromatic heterocycles. The zero-order chi connectivity index (χ0) is 15.7. The highest BCUT2D eigenvalue weighted by Gasteiger charge is 2.24. The van der Waals surface area contributed by atoms with Gasteiger partial charge in [-0.1, -0.05) is 13.8 Å². The van der Waals surface area contributed by atoms with Crippen LogP contribution < -0.4 is 21.1 Å². The number of hydrogen-bond acceptors (Lipinski definition) is 3. The topological polar surface area (TPSA) is 75.7 Å². The van der Waals surface area contributed by atoms with Crippen LogP contribution in [0.1, 0.15) is 33.6 Å². The van der Waals surface area contributed by atoms with Gasteiger partial charge in [0.05, 0.1) is 12.6 Å². The summed E-state index contributed by atoms with van der Waals surface area (Å²) < 4.78 is 4.56. The number of nitrogens with one attached hydrogen (secondary N) is 2. The van der Waals surface area contributed by atoms with Gasteiger partial charge in [-0.05, 0) is 19.8 Å². The molecule has 0 radical (unpaired) electrons. The van der Waals surface area contributed by atoms with Gasteiger partial charge in [0.25, 0.3) is 5.56 Å². The van der Waals surface area contributed by atoms with E-state index in [2.05, 4.69) is 31.1 Å². The Morgan fingerprint density at radius 1 is 1.24 bits per heavy atom. The molecule has 0 aliphatic carbocycles. The molecule has 0 saturated carbocycles. The van der Waals surface area contributed by atoms with E-state index < -0.39 is 0 Å². The number of fused-ring (bicyclic) bond motifs is 1. The maximum atomic E-state index is 12.4. The van der Waals surface area contributed by atoms with Crippen LogP contribution in [0.25, 0.3) is 11.2 Å². The summed E-state index contributed by atoms with van der Waals surface area (Å²) in [6.45, 7) is 6.95. The van der Waals surface area contributed by atoms with Crippen molar-refractivity contribution in [1.82, 2.24) is 14.1 Å². The molecular weight excluding hydrogens is 270 g/mol. The number of hydrogen-bond donors (Lipinski definition) is 2. The molecule has 2 rings (SSSR count). The molecule has 21 heavy (non-hydrogen) atoms. The minimum absolute atomic E-state index is 0.269. The van der Waals surface area contributed by atoms with Crippen molar-refractivity contribution < 1.29 is 4.57 Å². The Bertz CT molecular complexity index is 768. The average molecular weight is 294 g/mol. The second-order valence-corrected chi connectivity index (χ2v) is 5.48. The van der Waals surface area contributed by atoms with Crippen molar-refractivity contribution in [3.8, 4) is 0 Å². The van der Waals surface area contributed by atoms with Crippen molar-refractivity contribution in [2.45, 2.75) is 46.2 Å². The largest absolute Gasteiger partial charge is 0.357 e. The van der Waals surface area contributed by atoms with Crippen LogP contribution in [0.5, 0.6) is 0 Å². The number of aromatic nitrogens is 4. The number of aromatic amines is 1. The van der Waals surface area contributed by atoms with Crippen LogP contribution in [-0.2, 0) is 20.6 Å². The molecule has 7 heteroatoms. The highest BCUT2D eigenvalue weighted by molar-refractivity contribution is 5.67. The fraction of sp³-hybridized carbons (Fsp3) is 0.643. The first kappa shape index (κ1) is 15.3. The number of anilines is 1. The minimum atomic E-state index is -0.326. The lowest BCUT2D eigenvalue weighted by molar-refractivity contribution is -0.657. The number of imidazole rings is 1. The van der Waals surface area contributed by atoms with Gasteiger partial charge in [0.15, 0.2) is 0 Å². The monoisotopic (exact) mass is 294 g/mol. The summed E-state index contributed by atoms with van der Waals surface area (Å²) in [5, 5.41) is 3.37. The summed E-state index contributed by atoms with van der Waals surface area (Å²) in [7, 11) is 3.18. The first-order valence-electron chi connectivity index (χ1n) is 7.40. The summed E-state index contributed by atoms with van der Waals surface area (Å²) in [6.07, 6.45) is 1.87. The number of rotatable bonds is 5. The van der Waals surface area contributed by atoms with Gasteiger partial charge in [0.2, 0.25) is 11.2 Å². The van der Waals surface area contributed by atoms with E-state index in [1.165, 1.54) is 11.6 Å². The molecule has 2 aromatic rings. The van der Waals surface area contributed by atoms with Gasteiger partial charge in [-0.15, -0.1) is 0 Å². The van der Waals surface area contributed by atoms with E-state index in [1.807, 2.05) is 4.57 Å². The smallest absolute Gasteiger partial charge is 0.275 e. The van der Waals surface area contributed by atoms with Gasteiger partial charge in [-0.3, -0.25) is 19.2 Å². The Hall–Kier alpha value is -2.05. The molecule has 2 N–H and O–H groups in total. The fourth-order valence-corrected chi connectivity index (χ4v) is 2.40. The van der Waals surface area contributed by atoms with Crippen LogP contribution in [0.3, 0.4) is 0 Å². The van der Waals surface area contributed by atoms with Crippen molar-refractivity contribution in [2.24, 2.45) is 14.1 Å². The quantitative estimate of drug-likeness (QED) is 0.787. The van der Waals surface area contributed by atoms with Gasteiger partial charge in [-0.25, -0.2) is 14.3 Å². The molecule has 0 aliphatic heterocycles. The van der Waals surface area contributed by atoms with Crippen LogP contribution >= 0.6 is 0 Å². The molecule has 1 atom stereocenters. The third-order valence-corrected chi connectivity index (χ3v) is 3.86. The van der Waals surface area contributed by atoms with E-state index in [0.717, 1.165) is 23.4 Å². The summed E-state index contributed by atoms with van der Waals surface area (Å²) >= 11 is 0. The zero-order valence-electron chi connectivity index (χ0n) is 13.4. The highest BCUT2D eigenvalue weighted by atomic mass is 16.2. The van der Waals surface area contributed by atoms with Crippen molar-refractivity contribution >= 4 is 17.1 Å². The van der Waals surface area contributed by atoms with Crippen LogP contribution in [-0.4, -0.2) is 20.2 Å². The molecule has 0 spiro atoms. The predicted molar refractivity (Wildman–Crippen MR) is 82.6 cm³/mol. The maximum absolute atomic E-state index is 12.4. The second kappa shape index (κ2) is 5.75. The molecule has 0 saturated heterocycles. The first-order valence-corrected chi connectivity index (χ1v) is 7.40. The fourth-order valence-electron chi connectivity index (χ4n) is 2.40. The molecule has 0 bridgehead atoms. The van der Waals surface area contributed by atoms with Gasteiger partial charge in [-0.2, -0.15) is 0 Å². The van der Waals surface area contributed by atoms with E-state index in [9.17, 15) is 9.59 Å². The Balaban J connectivity index is 2.80. The standard InChI is InChI=1S/C14H23N5O2/c1-6-8-19-10-11(16-13(19)15-9(3)7-2)17(4)14(21)18(5)12(10)20/h9H,6-8H2,1-5H3,(H,15,16,20)/p+1. The van der Waals surface area contributed by atoms with Crippen molar-refractivity contribution in [1.29, 1.82) is 0 Å². The lowest BCUT2D eigenvalue weighted by Crippen LogP contribution is -2.45. The Morgan fingerprint density at radius 3 is 2.48 bits per heavy atom. The molecule has 7 nitrogen and oxygen atoms in total. The minimum Gasteiger partial charge on any atom is -0.275 e. The van der Waals surface area contributed by atoms with Crippen LogP contribution in [0.2, 0.25) is 0 Å². The summed E-state index contributed by atoms with van der Waals surface area (Å²) in [4.78, 5) is 27.7. The molecule has 0 amide bonds. The Morgan fingerprint density at radius 2 is 1.90 bits per heavy atom. The van der Waals surface area contributed by atoms with Gasteiger partial charge >= 0.3 is 11.6 Å². The lowest BCUT2D eigenvalue weighted by Gasteiger charge is -2.07. The summed E-state index contributed by atoms with van der Waals surface area (Å²) in [6, 6.07) is 0.280. The number of H-pyrrole nitrogens is 1. The first-order chi connectivity index (χ1) is 9.92. The number of nitrogens with zero attached hydrogens (tertiary/aromatic N) is 3. The average Bonchev–Trinajstić information content (AvgIpc) is 2.82. The second-order valence-electron chi connectivity index (χ2n) is 5.48. The van der Waals surface area contributed by atoms with Gasteiger partial charge < -0.3 is 0 Å². The lowest BCUT2D eigenvalue weighted by atomic mass is 10.3. The predicted octanol–water partition coefficient (Wildman–Crippen LogP) is 0.473. The van der Waals surface area contributed by atoms with Crippen molar-refractivity contribution in [2.75, 3.05) is 5.32 Å². The van der Waals surface area contributed by atoms with E-state index >= 15 is 0 Å². The maximum Gasteiger partial charge on any atom is 0.357 e. The summed E-state index contributed by atoms with van der Waals surface area (Å²) in [5.74, 6) is 0.777. The van der Waals surface area contributed by atoms with Gasteiger partial charge in [0, 0.05) is 14.1 Å². The number of aryl methyl sites for hydroxylation is 2. The molecule has 0 aliphatic rings. The van der Waals surface area contributed by atoms with Crippen molar-refractivity contribution in [3.63, 3.8) is 0 Å². The van der Waals surface area contributed by atoms with E-state index in [1.54, 1.807) is 7.05 Å². The third-order valence-electron chi connectivity index (χ3n) is 3.86. The summed E-state index contributed by atoms with van der Waals surface area (Å²) in [5.41, 5.74) is 0.497. The molecule has 1 unspecified atom stereocenters. The Labute approximate surface area is 123 Å². The molecular formula is C14H24N5O2+. The van der Waals surface area contributed by atoms with Gasteiger partial charge in [0.1, 0.15) is 0 Å². The van der Waals surface area contributed by atoms with Crippen LogP contribution in [0.15, 0.2) is 9.59 Å². The third kappa shape index (κ3) is 2.48. The highest BCUT2D eigenvalue weighted by Crippen LogP contribution is 2.09. The van der Waals surface area contributed by atoms with E-state index in [-0.39, 0.29) is 17.3 Å². The zero-order valence-corrected chi connectivity index (χ0v) is 13.4. The molecule has 0 fully saturated rings. The van der Waals surface area contributed by atoms with Crippen molar-refractivity contribution in [3.05, 3.63) is 20.8 Å².